The van der Waals surface area contributed by atoms with Crippen LogP contribution in [0.5, 0.6) is 0 Å². The highest BCUT2D eigenvalue weighted by molar-refractivity contribution is 5.93. The van der Waals surface area contributed by atoms with Crippen molar-refractivity contribution in [3.63, 3.8) is 0 Å². The highest BCUT2D eigenvalue weighted by atomic mass is 16.4. The van der Waals surface area contributed by atoms with E-state index in [4.69, 9.17) is 5.11 Å². The normalized spacial score (nSPS) is 11.1. The summed E-state index contributed by atoms with van der Waals surface area (Å²) in [5.41, 5.74) is 0. The van der Waals surface area contributed by atoms with Crippen LogP contribution < -0.4 is 16.0 Å². The van der Waals surface area contributed by atoms with Crippen molar-refractivity contribution >= 4 is 17.8 Å². The molecule has 0 unspecified atom stereocenters. The van der Waals surface area contributed by atoms with Gasteiger partial charge in [0.2, 0.25) is 11.8 Å². The third-order valence-corrected chi connectivity index (χ3v) is 5.61. The Bertz CT molecular complexity index is 524. The molecule has 0 aromatic carbocycles. The standard InChI is InChI=1S/C26H49N3O4/c1-2-3-4-5-6-7-8-9-10-11-12-13-14-15-16-17-24(30)28-22-20-27-21-23-29-25(31)18-19-26(32)33/h18-19,27H,2-17,20-23H2,1H3,(H,28,30)(H,29,31)(H,32,33)/b19-18-. The number of carboxylic acids is 1. The molecule has 0 atom stereocenters. The van der Waals surface area contributed by atoms with Crippen LogP contribution >= 0.6 is 0 Å². The van der Waals surface area contributed by atoms with Crippen molar-refractivity contribution in [2.75, 3.05) is 26.2 Å². The molecule has 2 amide bonds. The molecule has 0 saturated heterocycles. The topological polar surface area (TPSA) is 108 Å². The van der Waals surface area contributed by atoms with Crippen LogP contribution in [0.4, 0.5) is 0 Å². The van der Waals surface area contributed by atoms with Crippen LogP contribution in [-0.2, 0) is 14.4 Å². The summed E-state index contributed by atoms with van der Waals surface area (Å²) in [5, 5.41) is 17.0. The number of amides is 2. The van der Waals surface area contributed by atoms with E-state index in [0.717, 1.165) is 25.0 Å². The molecule has 0 spiro atoms. The number of rotatable bonds is 24. The second-order valence-corrected chi connectivity index (χ2v) is 8.76. The molecule has 0 aliphatic carbocycles. The second kappa shape index (κ2) is 24.7. The number of unbranched alkanes of at least 4 members (excludes halogenated alkanes) is 14. The number of nitrogens with one attached hydrogen (secondary N) is 3. The summed E-state index contributed by atoms with van der Waals surface area (Å²) in [4.78, 5) is 33.4. The van der Waals surface area contributed by atoms with E-state index in [2.05, 4.69) is 22.9 Å². The van der Waals surface area contributed by atoms with Crippen molar-refractivity contribution in [3.8, 4) is 0 Å². The molecule has 0 aromatic heterocycles. The fraction of sp³-hybridized carbons (Fsp3) is 0.808. The Hall–Kier alpha value is -1.89. The van der Waals surface area contributed by atoms with Gasteiger partial charge >= 0.3 is 5.97 Å². The minimum absolute atomic E-state index is 0.0959. The monoisotopic (exact) mass is 467 g/mol. The quantitative estimate of drug-likeness (QED) is 0.121. The molecule has 4 N–H and O–H groups in total. The number of hydrogen-bond acceptors (Lipinski definition) is 4. The molecule has 0 bridgehead atoms. The lowest BCUT2D eigenvalue weighted by Crippen LogP contribution is -2.36. The average molecular weight is 468 g/mol. The van der Waals surface area contributed by atoms with Gasteiger partial charge in [0, 0.05) is 44.8 Å². The Morgan fingerprint density at radius 3 is 1.55 bits per heavy atom. The van der Waals surface area contributed by atoms with E-state index in [1.807, 2.05) is 0 Å². The largest absolute Gasteiger partial charge is 0.478 e. The van der Waals surface area contributed by atoms with Gasteiger partial charge in [0.05, 0.1) is 0 Å². The Balaban J connectivity index is 3.26. The predicted octanol–water partition coefficient (Wildman–Crippen LogP) is 4.71. The van der Waals surface area contributed by atoms with Crippen LogP contribution in [0.2, 0.25) is 0 Å². The maximum Gasteiger partial charge on any atom is 0.328 e. The fourth-order valence-electron chi connectivity index (χ4n) is 3.64. The van der Waals surface area contributed by atoms with Gasteiger partial charge in [0.1, 0.15) is 0 Å². The van der Waals surface area contributed by atoms with Crippen LogP contribution in [0.1, 0.15) is 110 Å². The summed E-state index contributed by atoms with van der Waals surface area (Å²) in [5.74, 6) is -1.49. The molecule has 7 nitrogen and oxygen atoms in total. The van der Waals surface area contributed by atoms with E-state index in [9.17, 15) is 14.4 Å². The van der Waals surface area contributed by atoms with E-state index < -0.39 is 11.9 Å². The van der Waals surface area contributed by atoms with E-state index in [-0.39, 0.29) is 5.91 Å². The number of carbonyl (C=O) groups is 3. The van der Waals surface area contributed by atoms with Gasteiger partial charge in [-0.15, -0.1) is 0 Å². The van der Waals surface area contributed by atoms with E-state index >= 15 is 0 Å². The van der Waals surface area contributed by atoms with Crippen molar-refractivity contribution in [1.82, 2.24) is 16.0 Å². The molecule has 0 radical (unpaired) electrons. The third-order valence-electron chi connectivity index (χ3n) is 5.61. The van der Waals surface area contributed by atoms with Crippen molar-refractivity contribution in [2.24, 2.45) is 0 Å². The zero-order valence-electron chi connectivity index (χ0n) is 21.0. The first-order chi connectivity index (χ1) is 16.1. The molecule has 0 aromatic rings. The summed E-state index contributed by atoms with van der Waals surface area (Å²) in [6.07, 6.45) is 22.2. The van der Waals surface area contributed by atoms with Crippen LogP contribution in [0.15, 0.2) is 12.2 Å². The molecule has 0 aliphatic rings. The lowest BCUT2D eigenvalue weighted by Gasteiger charge is -2.07. The third kappa shape index (κ3) is 26.2. The van der Waals surface area contributed by atoms with Crippen molar-refractivity contribution < 1.29 is 19.5 Å². The van der Waals surface area contributed by atoms with E-state index in [0.29, 0.717) is 32.6 Å². The van der Waals surface area contributed by atoms with Gasteiger partial charge in [-0.05, 0) is 6.42 Å². The molecule has 0 saturated carbocycles. The van der Waals surface area contributed by atoms with Gasteiger partial charge in [-0.25, -0.2) is 4.79 Å². The summed E-state index contributed by atoms with van der Waals surface area (Å²) in [6.45, 7) is 4.41. The number of aliphatic carboxylic acids is 1. The Morgan fingerprint density at radius 1 is 0.606 bits per heavy atom. The highest BCUT2D eigenvalue weighted by Gasteiger charge is 2.01. The first-order valence-corrected chi connectivity index (χ1v) is 13.2. The summed E-state index contributed by atoms with van der Waals surface area (Å²) in [7, 11) is 0. The van der Waals surface area contributed by atoms with Crippen molar-refractivity contribution in [2.45, 2.75) is 110 Å². The summed E-state index contributed by atoms with van der Waals surface area (Å²) >= 11 is 0. The maximum absolute atomic E-state index is 11.8. The minimum Gasteiger partial charge on any atom is -0.478 e. The van der Waals surface area contributed by atoms with Gasteiger partial charge in [0.25, 0.3) is 0 Å². The Kier molecular flexibility index (Phi) is 23.3. The van der Waals surface area contributed by atoms with Crippen LogP contribution in [0.3, 0.4) is 0 Å². The zero-order valence-corrected chi connectivity index (χ0v) is 21.0. The first-order valence-electron chi connectivity index (χ1n) is 13.2. The van der Waals surface area contributed by atoms with Gasteiger partial charge < -0.3 is 21.1 Å². The SMILES string of the molecule is CCCCCCCCCCCCCCCCCC(=O)NCCNCCNC(=O)/C=C\C(=O)O. The number of carbonyl (C=O) groups excluding carboxylic acids is 2. The molecule has 33 heavy (non-hydrogen) atoms. The van der Waals surface area contributed by atoms with Crippen molar-refractivity contribution in [3.05, 3.63) is 12.2 Å². The maximum atomic E-state index is 11.8. The van der Waals surface area contributed by atoms with Gasteiger partial charge in [-0.3, -0.25) is 9.59 Å². The fourth-order valence-corrected chi connectivity index (χ4v) is 3.64. The van der Waals surface area contributed by atoms with E-state index in [1.54, 1.807) is 0 Å². The van der Waals surface area contributed by atoms with Crippen molar-refractivity contribution in [1.29, 1.82) is 0 Å². The zero-order chi connectivity index (χ0) is 24.4. The number of carboxylic acid groups (broad SMARTS) is 1. The molecular weight excluding hydrogens is 418 g/mol. The summed E-state index contributed by atoms with van der Waals surface area (Å²) < 4.78 is 0. The first kappa shape index (κ1) is 31.1. The molecule has 192 valence electrons. The molecule has 0 heterocycles. The second-order valence-electron chi connectivity index (χ2n) is 8.76. The molecule has 0 rings (SSSR count). The smallest absolute Gasteiger partial charge is 0.328 e. The average Bonchev–Trinajstić information content (AvgIpc) is 2.79. The minimum atomic E-state index is -1.15. The number of hydrogen-bond donors (Lipinski definition) is 4. The lowest BCUT2D eigenvalue weighted by atomic mass is 10.0. The van der Waals surface area contributed by atoms with Crippen LogP contribution in [0.25, 0.3) is 0 Å². The van der Waals surface area contributed by atoms with E-state index in [1.165, 1.54) is 83.5 Å². The predicted molar refractivity (Wildman–Crippen MR) is 135 cm³/mol. The lowest BCUT2D eigenvalue weighted by molar-refractivity contribution is -0.131. The van der Waals surface area contributed by atoms with Gasteiger partial charge in [-0.2, -0.15) is 0 Å². The van der Waals surface area contributed by atoms with Crippen LogP contribution in [0, 0.1) is 0 Å². The van der Waals surface area contributed by atoms with Gasteiger partial charge in [0.15, 0.2) is 0 Å². The van der Waals surface area contributed by atoms with Crippen LogP contribution in [-0.4, -0.2) is 49.1 Å². The molecule has 0 aliphatic heterocycles. The molecule has 0 fully saturated rings. The Morgan fingerprint density at radius 2 is 1.06 bits per heavy atom. The Labute approximate surface area is 201 Å². The molecule has 7 heteroatoms. The summed E-state index contributed by atoms with van der Waals surface area (Å²) in [6, 6.07) is 0. The molecular formula is C26H49N3O4. The van der Waals surface area contributed by atoms with Gasteiger partial charge in [-0.1, -0.05) is 96.8 Å². The highest BCUT2D eigenvalue weighted by Crippen LogP contribution is 2.13.